The summed E-state index contributed by atoms with van der Waals surface area (Å²) in [6.07, 6.45) is 4.90. The van der Waals surface area contributed by atoms with Crippen LogP contribution in [0, 0.1) is 0 Å². The number of rotatable bonds is 2. The summed E-state index contributed by atoms with van der Waals surface area (Å²) in [7, 11) is 0. The molecule has 4 nitrogen and oxygen atoms in total. The van der Waals surface area contributed by atoms with E-state index in [0.29, 0.717) is 18.5 Å². The summed E-state index contributed by atoms with van der Waals surface area (Å²) in [6, 6.07) is 0.293. The molecule has 86 valence electrons. The highest BCUT2D eigenvalue weighted by atomic mass is 16.2. The molecule has 0 unspecified atom stereocenters. The van der Waals surface area contributed by atoms with E-state index in [2.05, 4.69) is 4.90 Å². The van der Waals surface area contributed by atoms with Crippen LogP contribution in [-0.4, -0.2) is 54.5 Å². The van der Waals surface area contributed by atoms with E-state index in [-0.39, 0.29) is 0 Å². The van der Waals surface area contributed by atoms with Gasteiger partial charge in [-0.05, 0) is 12.8 Å². The molecule has 15 heavy (non-hydrogen) atoms. The van der Waals surface area contributed by atoms with Gasteiger partial charge in [0.1, 0.15) is 0 Å². The molecule has 0 bridgehead atoms. The zero-order valence-corrected chi connectivity index (χ0v) is 9.32. The van der Waals surface area contributed by atoms with Gasteiger partial charge >= 0.3 is 0 Å². The van der Waals surface area contributed by atoms with Crippen molar-refractivity contribution in [2.24, 2.45) is 5.73 Å². The number of amides is 1. The Bertz CT molecular complexity index is 218. The van der Waals surface area contributed by atoms with Crippen LogP contribution < -0.4 is 5.73 Å². The molecule has 0 radical (unpaired) electrons. The minimum atomic E-state index is 0.293. The Balaban J connectivity index is 1.74. The van der Waals surface area contributed by atoms with Crippen LogP contribution >= 0.6 is 0 Å². The maximum absolute atomic E-state index is 11.9. The number of hydrogen-bond donors (Lipinski definition) is 1. The standard InChI is InChI=1S/C11H21N3O/c12-10-7-13(8-10)9-11(15)14-5-3-1-2-4-6-14/h10H,1-9,12H2. The number of likely N-dealkylation sites (tertiary alicyclic amines) is 2. The van der Waals surface area contributed by atoms with Crippen molar-refractivity contribution in [3.63, 3.8) is 0 Å². The predicted molar refractivity (Wildman–Crippen MR) is 59.5 cm³/mol. The molecule has 0 aromatic rings. The van der Waals surface area contributed by atoms with E-state index < -0.39 is 0 Å². The van der Waals surface area contributed by atoms with Crippen LogP contribution in [0.1, 0.15) is 25.7 Å². The molecule has 2 rings (SSSR count). The fraction of sp³-hybridized carbons (Fsp3) is 0.909. The lowest BCUT2D eigenvalue weighted by molar-refractivity contribution is -0.133. The molecule has 2 fully saturated rings. The topological polar surface area (TPSA) is 49.6 Å². The van der Waals surface area contributed by atoms with Crippen molar-refractivity contribution in [3.05, 3.63) is 0 Å². The molecule has 0 aromatic carbocycles. The Labute approximate surface area is 91.4 Å². The van der Waals surface area contributed by atoms with Crippen molar-refractivity contribution < 1.29 is 4.79 Å². The summed E-state index contributed by atoms with van der Waals surface area (Å²) in [4.78, 5) is 16.1. The zero-order chi connectivity index (χ0) is 10.7. The van der Waals surface area contributed by atoms with Gasteiger partial charge in [0.05, 0.1) is 6.54 Å². The van der Waals surface area contributed by atoms with E-state index in [0.717, 1.165) is 26.2 Å². The second-order valence-electron chi connectivity index (χ2n) is 4.75. The number of nitrogens with two attached hydrogens (primary N) is 1. The Morgan fingerprint density at radius 2 is 1.73 bits per heavy atom. The fourth-order valence-electron chi connectivity index (χ4n) is 2.35. The van der Waals surface area contributed by atoms with Crippen LogP contribution in [0.4, 0.5) is 0 Å². The Hall–Kier alpha value is -0.610. The molecule has 2 aliphatic heterocycles. The first kappa shape index (κ1) is 10.9. The van der Waals surface area contributed by atoms with Crippen LogP contribution in [-0.2, 0) is 4.79 Å². The monoisotopic (exact) mass is 211 g/mol. The first-order chi connectivity index (χ1) is 7.25. The quantitative estimate of drug-likeness (QED) is 0.701. The zero-order valence-electron chi connectivity index (χ0n) is 9.32. The van der Waals surface area contributed by atoms with Gasteiger partial charge in [0.15, 0.2) is 0 Å². The van der Waals surface area contributed by atoms with Gasteiger partial charge < -0.3 is 10.6 Å². The van der Waals surface area contributed by atoms with Crippen LogP contribution in [0.15, 0.2) is 0 Å². The van der Waals surface area contributed by atoms with Crippen molar-refractivity contribution in [1.29, 1.82) is 0 Å². The minimum absolute atomic E-state index is 0.293. The van der Waals surface area contributed by atoms with E-state index >= 15 is 0 Å². The van der Waals surface area contributed by atoms with Crippen molar-refractivity contribution in [1.82, 2.24) is 9.80 Å². The Kier molecular flexibility index (Phi) is 3.59. The fourth-order valence-corrected chi connectivity index (χ4v) is 2.35. The highest BCUT2D eigenvalue weighted by molar-refractivity contribution is 5.78. The lowest BCUT2D eigenvalue weighted by Gasteiger charge is -2.37. The summed E-state index contributed by atoms with van der Waals surface area (Å²) >= 11 is 0. The molecule has 0 atom stereocenters. The van der Waals surface area contributed by atoms with E-state index in [1.54, 1.807) is 0 Å². The molecule has 0 aromatic heterocycles. The van der Waals surface area contributed by atoms with E-state index in [1.165, 1.54) is 25.7 Å². The number of carbonyl (C=O) groups excluding carboxylic acids is 1. The van der Waals surface area contributed by atoms with Crippen LogP contribution in [0.25, 0.3) is 0 Å². The van der Waals surface area contributed by atoms with Gasteiger partial charge in [-0.25, -0.2) is 0 Å². The summed E-state index contributed by atoms with van der Waals surface area (Å²) in [5.74, 6) is 0.295. The molecule has 0 saturated carbocycles. The van der Waals surface area contributed by atoms with Gasteiger partial charge in [0.2, 0.25) is 5.91 Å². The van der Waals surface area contributed by atoms with E-state index in [9.17, 15) is 4.79 Å². The molecule has 2 aliphatic rings. The van der Waals surface area contributed by atoms with Gasteiger partial charge in [0.25, 0.3) is 0 Å². The average molecular weight is 211 g/mol. The molecule has 1 amide bonds. The molecule has 0 spiro atoms. The third-order valence-corrected chi connectivity index (χ3v) is 3.30. The van der Waals surface area contributed by atoms with Gasteiger partial charge in [-0.2, -0.15) is 0 Å². The van der Waals surface area contributed by atoms with Crippen LogP contribution in [0.3, 0.4) is 0 Å². The second kappa shape index (κ2) is 4.94. The SMILES string of the molecule is NC1CN(CC(=O)N2CCCCCC2)C1. The van der Waals surface area contributed by atoms with E-state index in [1.807, 2.05) is 4.90 Å². The maximum Gasteiger partial charge on any atom is 0.236 e. The Morgan fingerprint density at radius 1 is 1.13 bits per heavy atom. The minimum Gasteiger partial charge on any atom is -0.342 e. The highest BCUT2D eigenvalue weighted by Crippen LogP contribution is 2.11. The molecule has 2 heterocycles. The third-order valence-electron chi connectivity index (χ3n) is 3.30. The maximum atomic E-state index is 11.9. The Morgan fingerprint density at radius 3 is 2.27 bits per heavy atom. The summed E-state index contributed by atoms with van der Waals surface area (Å²) in [5, 5.41) is 0. The molecule has 2 saturated heterocycles. The third kappa shape index (κ3) is 2.92. The van der Waals surface area contributed by atoms with E-state index in [4.69, 9.17) is 5.73 Å². The second-order valence-corrected chi connectivity index (χ2v) is 4.75. The largest absolute Gasteiger partial charge is 0.342 e. The predicted octanol–water partition coefficient (Wildman–Crippen LogP) is 0.0319. The van der Waals surface area contributed by atoms with Gasteiger partial charge in [0, 0.05) is 32.2 Å². The van der Waals surface area contributed by atoms with Crippen LogP contribution in [0.5, 0.6) is 0 Å². The van der Waals surface area contributed by atoms with Gasteiger partial charge in [-0.1, -0.05) is 12.8 Å². The summed E-state index contributed by atoms with van der Waals surface area (Å²) < 4.78 is 0. The van der Waals surface area contributed by atoms with Crippen molar-refractivity contribution >= 4 is 5.91 Å². The van der Waals surface area contributed by atoms with Crippen molar-refractivity contribution in [2.45, 2.75) is 31.7 Å². The molecule has 0 aliphatic carbocycles. The van der Waals surface area contributed by atoms with Gasteiger partial charge in [-0.3, -0.25) is 9.69 Å². The first-order valence-electron chi connectivity index (χ1n) is 6.01. The smallest absolute Gasteiger partial charge is 0.236 e. The molecule has 4 heteroatoms. The number of nitrogens with zero attached hydrogens (tertiary/aromatic N) is 2. The van der Waals surface area contributed by atoms with Crippen LogP contribution in [0.2, 0.25) is 0 Å². The number of hydrogen-bond acceptors (Lipinski definition) is 3. The lowest BCUT2D eigenvalue weighted by Crippen LogP contribution is -2.58. The number of carbonyl (C=O) groups is 1. The highest BCUT2D eigenvalue weighted by Gasteiger charge is 2.26. The van der Waals surface area contributed by atoms with Gasteiger partial charge in [-0.15, -0.1) is 0 Å². The molecular weight excluding hydrogens is 190 g/mol. The lowest BCUT2D eigenvalue weighted by atomic mass is 10.1. The molecular formula is C11H21N3O. The average Bonchev–Trinajstić information content (AvgIpc) is 2.43. The van der Waals surface area contributed by atoms with Crippen molar-refractivity contribution in [3.8, 4) is 0 Å². The summed E-state index contributed by atoms with van der Waals surface area (Å²) in [6.45, 7) is 4.27. The first-order valence-corrected chi connectivity index (χ1v) is 6.01. The normalized spacial score (nSPS) is 24.7. The molecule has 2 N–H and O–H groups in total. The van der Waals surface area contributed by atoms with Crippen molar-refractivity contribution in [2.75, 3.05) is 32.7 Å². The summed E-state index contributed by atoms with van der Waals surface area (Å²) in [5.41, 5.74) is 5.68.